The number of allylic oxidation sites excluding steroid dienone is 7. The highest BCUT2D eigenvalue weighted by Crippen LogP contribution is 2.25. The molecule has 2 heterocycles. The number of hydrogen-bond donors (Lipinski definition) is 3. The first-order valence-corrected chi connectivity index (χ1v) is 15.4. The summed E-state index contributed by atoms with van der Waals surface area (Å²) in [5.74, 6) is -5.43. The van der Waals surface area contributed by atoms with E-state index in [1.807, 2.05) is 6.08 Å². The molecule has 0 aromatic carbocycles. The quantitative estimate of drug-likeness (QED) is 0.153. The fourth-order valence-corrected chi connectivity index (χ4v) is 5.56. The van der Waals surface area contributed by atoms with Gasteiger partial charge >= 0.3 is 11.9 Å². The largest absolute Gasteiger partial charge is 0.481 e. The Kier molecular flexibility index (Phi) is 11.3. The monoisotopic (exact) mass is 618 g/mol. The van der Waals surface area contributed by atoms with Crippen LogP contribution < -0.4 is 10.0 Å². The second-order valence-electron chi connectivity index (χ2n) is 10.1. The summed E-state index contributed by atoms with van der Waals surface area (Å²) in [6.07, 6.45) is 12.0. The van der Waals surface area contributed by atoms with Gasteiger partial charge in [0.2, 0.25) is 21.8 Å². The van der Waals surface area contributed by atoms with Gasteiger partial charge in [0.05, 0.1) is 18.2 Å². The molecule has 0 aromatic heterocycles. The number of esters is 1. The van der Waals surface area contributed by atoms with Crippen LogP contribution in [0.5, 0.6) is 0 Å². The van der Waals surface area contributed by atoms with Gasteiger partial charge in [0, 0.05) is 13.0 Å². The fraction of sp³-hybridized carbons (Fsp3) is 0.429. The average molecular weight is 619 g/mol. The summed E-state index contributed by atoms with van der Waals surface area (Å²) in [5.41, 5.74) is 0.784. The number of Topliss-reactive ketones (excluding diaryl/α,β-unsaturated/α-hetero) is 1. The average Bonchev–Trinajstić information content (AvgIpc) is 3.07. The molecule has 2 aliphatic heterocycles. The summed E-state index contributed by atoms with van der Waals surface area (Å²) in [6.45, 7) is 2.82. The topological polar surface area (TPSA) is 197 Å². The van der Waals surface area contributed by atoms with E-state index in [2.05, 4.69) is 16.6 Å². The van der Waals surface area contributed by atoms with Gasteiger partial charge < -0.3 is 15.2 Å². The molecule has 3 atom stereocenters. The molecule has 3 amide bonds. The Hall–Kier alpha value is -4.37. The third kappa shape index (κ3) is 9.06. The van der Waals surface area contributed by atoms with Gasteiger partial charge in [0.15, 0.2) is 12.4 Å². The molecule has 0 radical (unpaired) electrons. The first-order chi connectivity index (χ1) is 20.3. The first-order valence-electron chi connectivity index (χ1n) is 13.5. The van der Waals surface area contributed by atoms with Crippen molar-refractivity contribution in [1.82, 2.24) is 20.1 Å². The maximum Gasteiger partial charge on any atom is 0.338 e. The zero-order chi connectivity index (χ0) is 31.7. The molecule has 3 N–H and O–H groups in total. The Morgan fingerprint density at radius 3 is 2.58 bits per heavy atom. The summed E-state index contributed by atoms with van der Waals surface area (Å²) in [4.78, 5) is 76.9. The molecule has 14 nitrogen and oxygen atoms in total. The van der Waals surface area contributed by atoms with Crippen LogP contribution in [0.15, 0.2) is 60.3 Å². The molecule has 3 rings (SSSR count). The van der Waals surface area contributed by atoms with E-state index in [4.69, 9.17) is 4.74 Å². The molecule has 0 saturated carbocycles. The van der Waals surface area contributed by atoms with Crippen molar-refractivity contribution in [2.24, 2.45) is 0 Å². The number of carbonyl (C=O) groups excluding carboxylic acids is 5. The number of aliphatic carboxylic acids is 1. The van der Waals surface area contributed by atoms with Crippen molar-refractivity contribution in [1.29, 1.82) is 0 Å². The predicted molar refractivity (Wildman–Crippen MR) is 152 cm³/mol. The number of amides is 3. The van der Waals surface area contributed by atoms with E-state index in [-0.39, 0.29) is 31.4 Å². The van der Waals surface area contributed by atoms with Crippen LogP contribution in [-0.4, -0.2) is 96.5 Å². The lowest BCUT2D eigenvalue weighted by Gasteiger charge is -2.43. The smallest absolute Gasteiger partial charge is 0.338 e. The van der Waals surface area contributed by atoms with Crippen LogP contribution in [0.4, 0.5) is 0 Å². The highest BCUT2D eigenvalue weighted by molar-refractivity contribution is 7.88. The number of sulfonamides is 1. The van der Waals surface area contributed by atoms with Gasteiger partial charge in [-0.1, -0.05) is 43.0 Å². The Balaban J connectivity index is 1.78. The van der Waals surface area contributed by atoms with Crippen molar-refractivity contribution in [3.8, 4) is 0 Å². The number of ether oxygens (including phenoxy) is 1. The van der Waals surface area contributed by atoms with Crippen LogP contribution in [0, 0.1) is 0 Å². The van der Waals surface area contributed by atoms with Gasteiger partial charge in [-0.2, -0.15) is 0 Å². The van der Waals surface area contributed by atoms with Crippen LogP contribution in [0.2, 0.25) is 0 Å². The van der Waals surface area contributed by atoms with E-state index in [0.29, 0.717) is 18.4 Å². The van der Waals surface area contributed by atoms with Gasteiger partial charge in [0.25, 0.3) is 5.91 Å². The summed E-state index contributed by atoms with van der Waals surface area (Å²) in [7, 11) is -3.84. The Labute approximate surface area is 248 Å². The number of carbonyl (C=O) groups is 6. The molecule has 1 aliphatic carbocycles. The number of carboxylic acid groups (broad SMARTS) is 1. The number of ketones is 1. The highest BCUT2D eigenvalue weighted by Gasteiger charge is 2.45. The van der Waals surface area contributed by atoms with Crippen molar-refractivity contribution in [3.05, 3.63) is 60.3 Å². The standard InChI is InChI=1S/C28H34N4O10S/c1-3-4-11-19(18-9-6-5-7-10-18)28(39)42-17-23(33)21(16-25(35)36)29-26(37)22-12-8-15-31-24(34)14-13-20(27(38)32(22)31)30-43(2,40)41/h3-7,9,11,20-22,30H,1,8,10,12-17H2,2H3,(H,29,37)(H,35,36)/b11-4-,19-18+/t20-,21-,22-/m0/s1. The number of hydrogen-bond acceptors (Lipinski definition) is 9. The number of hydrazine groups is 1. The number of carboxylic acids is 1. The Morgan fingerprint density at radius 2 is 1.95 bits per heavy atom. The maximum atomic E-state index is 13.4. The lowest BCUT2D eigenvalue weighted by molar-refractivity contribution is -0.176. The Bertz CT molecular complexity index is 1410. The second-order valence-corrected chi connectivity index (χ2v) is 11.8. The van der Waals surface area contributed by atoms with E-state index in [1.165, 1.54) is 18.2 Å². The van der Waals surface area contributed by atoms with E-state index < -0.39 is 76.6 Å². The second kappa shape index (κ2) is 14.7. The molecule has 0 spiro atoms. The normalized spacial score (nSPS) is 22.4. The summed E-state index contributed by atoms with van der Waals surface area (Å²) >= 11 is 0. The van der Waals surface area contributed by atoms with Crippen LogP contribution >= 0.6 is 0 Å². The molecule has 2 saturated heterocycles. The van der Waals surface area contributed by atoms with Crippen molar-refractivity contribution in [2.45, 2.75) is 56.7 Å². The van der Waals surface area contributed by atoms with E-state index in [9.17, 15) is 42.3 Å². The fourth-order valence-electron chi connectivity index (χ4n) is 4.83. The van der Waals surface area contributed by atoms with Gasteiger partial charge in [0.1, 0.15) is 18.1 Å². The zero-order valence-corrected chi connectivity index (χ0v) is 24.4. The number of nitrogens with zero attached hydrogens (tertiary/aromatic N) is 2. The summed E-state index contributed by atoms with van der Waals surface area (Å²) in [6, 6.07) is -4.26. The summed E-state index contributed by atoms with van der Waals surface area (Å²) in [5, 5.41) is 13.7. The van der Waals surface area contributed by atoms with Crippen molar-refractivity contribution < 1.29 is 47.0 Å². The van der Waals surface area contributed by atoms with Gasteiger partial charge in [-0.3, -0.25) is 29.0 Å². The molecule has 0 aromatic rings. The van der Waals surface area contributed by atoms with Crippen LogP contribution in [-0.2, 0) is 43.5 Å². The van der Waals surface area contributed by atoms with Crippen LogP contribution in [0.3, 0.4) is 0 Å². The van der Waals surface area contributed by atoms with E-state index in [0.717, 1.165) is 16.3 Å². The molecule has 2 fully saturated rings. The van der Waals surface area contributed by atoms with Crippen molar-refractivity contribution in [3.63, 3.8) is 0 Å². The molecular weight excluding hydrogens is 584 g/mol. The molecule has 0 bridgehead atoms. The van der Waals surface area contributed by atoms with Crippen LogP contribution in [0.1, 0.15) is 38.5 Å². The minimum atomic E-state index is -3.84. The van der Waals surface area contributed by atoms with Crippen molar-refractivity contribution >= 4 is 45.5 Å². The third-order valence-corrected chi connectivity index (χ3v) is 7.51. The lowest BCUT2D eigenvalue weighted by Crippen LogP contribution is -2.64. The Morgan fingerprint density at radius 1 is 1.21 bits per heavy atom. The van der Waals surface area contributed by atoms with Crippen molar-refractivity contribution in [2.75, 3.05) is 19.4 Å². The maximum absolute atomic E-state index is 13.4. The minimum absolute atomic E-state index is 0.0600. The number of nitrogens with one attached hydrogen (secondary N) is 2. The van der Waals surface area contributed by atoms with E-state index in [1.54, 1.807) is 18.2 Å². The van der Waals surface area contributed by atoms with E-state index >= 15 is 0 Å². The van der Waals surface area contributed by atoms with Gasteiger partial charge in [-0.25, -0.2) is 22.9 Å². The highest BCUT2D eigenvalue weighted by atomic mass is 32.2. The third-order valence-electron chi connectivity index (χ3n) is 6.80. The zero-order valence-electron chi connectivity index (χ0n) is 23.6. The first kappa shape index (κ1) is 33.1. The molecule has 43 heavy (non-hydrogen) atoms. The molecular formula is C28H34N4O10S. The van der Waals surface area contributed by atoms with Gasteiger partial charge in [-0.05, 0) is 37.3 Å². The molecule has 15 heteroatoms. The SMILES string of the molecule is C=C/C=C\C(C(=O)OCC(=O)[C@H](CC(=O)O)NC(=O)[C@@H]1CCCN2C(=O)CC[C@H](NS(C)(=O)=O)C(=O)N12)=C1\C=CC=CC1. The number of fused-ring (bicyclic) bond motifs is 1. The lowest BCUT2D eigenvalue weighted by atomic mass is 10.0. The molecule has 0 unspecified atom stereocenters. The predicted octanol–water partition coefficient (Wildman–Crippen LogP) is 0.0593. The minimum Gasteiger partial charge on any atom is -0.481 e. The summed E-state index contributed by atoms with van der Waals surface area (Å²) < 4.78 is 31.0. The molecule has 232 valence electrons. The van der Waals surface area contributed by atoms with Crippen LogP contribution in [0.25, 0.3) is 0 Å². The number of rotatable bonds is 12. The molecule has 3 aliphatic rings. The van der Waals surface area contributed by atoms with Gasteiger partial charge in [-0.15, -0.1) is 0 Å².